The van der Waals surface area contributed by atoms with Gasteiger partial charge in [0.1, 0.15) is 0 Å². The molecule has 0 bridgehead atoms. The van der Waals surface area contributed by atoms with Crippen LogP contribution in [0.1, 0.15) is 0 Å². The first-order valence-corrected chi connectivity index (χ1v) is 7.52. The number of hydrogen-bond acceptors (Lipinski definition) is 4. The number of para-hydroxylation sites is 1. The molecule has 0 saturated carbocycles. The molecule has 2 rings (SSSR count). The zero-order valence-electron chi connectivity index (χ0n) is 12.0. The summed E-state index contributed by atoms with van der Waals surface area (Å²) in [5, 5.41) is 4.37. The fourth-order valence-corrected chi connectivity index (χ4v) is 2.58. The highest BCUT2D eigenvalue weighted by molar-refractivity contribution is 7.99. The number of fused-ring (bicyclic) bond motifs is 1. The Labute approximate surface area is 127 Å². The molecule has 2 aromatic rings. The molecule has 1 aromatic heterocycles. The van der Waals surface area contributed by atoms with E-state index in [-0.39, 0.29) is 24.1 Å². The molecule has 110 valence electrons. The highest BCUT2D eigenvalue weighted by Crippen LogP contribution is 2.20. The summed E-state index contributed by atoms with van der Waals surface area (Å²) in [5.74, 6) is -0.0167. The first kappa shape index (κ1) is 15.3. The van der Waals surface area contributed by atoms with Gasteiger partial charge >= 0.3 is 0 Å². The SMILES string of the molecule is CNC(=O)CN(C)C(=O)CSc1ccc2ccccc2n1. The molecule has 0 unspecified atom stereocenters. The van der Waals surface area contributed by atoms with E-state index >= 15 is 0 Å². The number of pyridine rings is 1. The fourth-order valence-electron chi connectivity index (χ4n) is 1.76. The first-order chi connectivity index (χ1) is 10.1. The minimum absolute atomic E-state index is 0.0705. The van der Waals surface area contributed by atoms with E-state index in [0.29, 0.717) is 0 Å². The Morgan fingerprint density at radius 2 is 2.00 bits per heavy atom. The second kappa shape index (κ2) is 7.08. The van der Waals surface area contributed by atoms with Crippen molar-refractivity contribution in [3.8, 4) is 0 Å². The lowest BCUT2D eigenvalue weighted by Crippen LogP contribution is -2.37. The highest BCUT2D eigenvalue weighted by atomic mass is 32.2. The van der Waals surface area contributed by atoms with Crippen LogP contribution in [0.25, 0.3) is 10.9 Å². The van der Waals surface area contributed by atoms with Crippen LogP contribution in [0.5, 0.6) is 0 Å². The summed E-state index contributed by atoms with van der Waals surface area (Å²) >= 11 is 1.37. The molecule has 6 heteroatoms. The van der Waals surface area contributed by atoms with Gasteiger partial charge in [-0.25, -0.2) is 4.98 Å². The van der Waals surface area contributed by atoms with Crippen molar-refractivity contribution in [2.24, 2.45) is 0 Å². The molecule has 0 aliphatic heterocycles. The Hall–Kier alpha value is -2.08. The van der Waals surface area contributed by atoms with Gasteiger partial charge in [0.15, 0.2) is 0 Å². The second-order valence-electron chi connectivity index (χ2n) is 4.55. The average molecular weight is 303 g/mol. The molecular formula is C15H17N3O2S. The van der Waals surface area contributed by atoms with Crippen molar-refractivity contribution in [3.05, 3.63) is 36.4 Å². The molecule has 0 atom stereocenters. The molecule has 0 spiro atoms. The number of rotatable bonds is 5. The Kier molecular flexibility index (Phi) is 5.16. The molecule has 0 aliphatic carbocycles. The molecule has 0 aliphatic rings. The highest BCUT2D eigenvalue weighted by Gasteiger charge is 2.12. The Bertz CT molecular complexity index is 660. The van der Waals surface area contributed by atoms with Gasteiger partial charge in [0, 0.05) is 19.5 Å². The summed E-state index contributed by atoms with van der Waals surface area (Å²) in [6, 6.07) is 11.7. The zero-order chi connectivity index (χ0) is 15.2. The number of amides is 2. The lowest BCUT2D eigenvalue weighted by molar-refractivity contribution is -0.132. The van der Waals surface area contributed by atoms with E-state index in [1.54, 1.807) is 14.1 Å². The summed E-state index contributed by atoms with van der Waals surface area (Å²) in [5.41, 5.74) is 0.911. The van der Waals surface area contributed by atoms with Crippen LogP contribution in [0.2, 0.25) is 0 Å². The number of carbonyl (C=O) groups excluding carboxylic acids is 2. The molecule has 1 heterocycles. The predicted octanol–water partition coefficient (Wildman–Crippen LogP) is 1.53. The lowest BCUT2D eigenvalue weighted by atomic mass is 10.2. The van der Waals surface area contributed by atoms with Crippen LogP contribution in [0.4, 0.5) is 0 Å². The fraction of sp³-hybridized carbons (Fsp3) is 0.267. The smallest absolute Gasteiger partial charge is 0.239 e. The normalized spacial score (nSPS) is 10.4. The molecule has 5 nitrogen and oxygen atoms in total. The van der Waals surface area contributed by atoms with Crippen LogP contribution in [-0.2, 0) is 9.59 Å². The molecule has 21 heavy (non-hydrogen) atoms. The summed E-state index contributed by atoms with van der Waals surface area (Å²) in [6.45, 7) is 0.0705. The van der Waals surface area contributed by atoms with Gasteiger partial charge in [-0.3, -0.25) is 9.59 Å². The topological polar surface area (TPSA) is 62.3 Å². The van der Waals surface area contributed by atoms with Crippen LogP contribution in [-0.4, -0.2) is 48.1 Å². The van der Waals surface area contributed by atoms with Crippen LogP contribution in [0, 0.1) is 0 Å². The van der Waals surface area contributed by atoms with Gasteiger partial charge in [0.25, 0.3) is 0 Å². The van der Waals surface area contributed by atoms with E-state index < -0.39 is 0 Å². The maximum Gasteiger partial charge on any atom is 0.239 e. The van der Waals surface area contributed by atoms with Crippen molar-refractivity contribution in [2.45, 2.75) is 5.03 Å². The van der Waals surface area contributed by atoms with E-state index in [4.69, 9.17) is 0 Å². The Morgan fingerprint density at radius 1 is 1.24 bits per heavy atom. The van der Waals surface area contributed by atoms with Gasteiger partial charge in [0.05, 0.1) is 22.8 Å². The van der Waals surface area contributed by atoms with E-state index in [9.17, 15) is 9.59 Å². The number of likely N-dealkylation sites (N-methyl/N-ethyl adjacent to an activating group) is 2. The predicted molar refractivity (Wildman–Crippen MR) is 84.2 cm³/mol. The summed E-state index contributed by atoms with van der Waals surface area (Å²) in [6.07, 6.45) is 0. The van der Waals surface area contributed by atoms with Crippen molar-refractivity contribution in [3.63, 3.8) is 0 Å². The van der Waals surface area contributed by atoms with Crippen molar-refractivity contribution in [1.82, 2.24) is 15.2 Å². The number of thioether (sulfide) groups is 1. The number of carbonyl (C=O) groups is 2. The third-order valence-corrected chi connectivity index (χ3v) is 3.92. The number of benzene rings is 1. The van der Waals surface area contributed by atoms with Crippen LogP contribution < -0.4 is 5.32 Å². The molecule has 0 saturated heterocycles. The average Bonchev–Trinajstić information content (AvgIpc) is 2.52. The van der Waals surface area contributed by atoms with Gasteiger partial charge < -0.3 is 10.2 Å². The maximum atomic E-state index is 11.9. The first-order valence-electron chi connectivity index (χ1n) is 6.53. The van der Waals surface area contributed by atoms with Gasteiger partial charge in [-0.15, -0.1) is 0 Å². The van der Waals surface area contributed by atoms with Crippen molar-refractivity contribution in [2.75, 3.05) is 26.4 Å². The van der Waals surface area contributed by atoms with E-state index in [0.717, 1.165) is 15.9 Å². The minimum atomic E-state index is -0.181. The standard InChI is InChI=1S/C15H17N3O2S/c1-16-13(19)9-18(2)15(20)10-21-14-8-7-11-5-3-4-6-12(11)17-14/h3-8H,9-10H2,1-2H3,(H,16,19). The van der Waals surface area contributed by atoms with Crippen LogP contribution in [0.3, 0.4) is 0 Å². The van der Waals surface area contributed by atoms with Crippen molar-refractivity contribution < 1.29 is 9.59 Å². The van der Waals surface area contributed by atoms with E-state index in [2.05, 4.69) is 10.3 Å². The summed E-state index contributed by atoms with van der Waals surface area (Å²) in [4.78, 5) is 29.1. The van der Waals surface area contributed by atoms with Gasteiger partial charge in [0.2, 0.25) is 11.8 Å². The Morgan fingerprint density at radius 3 is 2.76 bits per heavy atom. The molecule has 2 amide bonds. The number of hydrogen-bond donors (Lipinski definition) is 1. The maximum absolute atomic E-state index is 11.9. The van der Waals surface area contributed by atoms with E-state index in [1.807, 2.05) is 36.4 Å². The van der Waals surface area contributed by atoms with Gasteiger partial charge in [-0.05, 0) is 12.1 Å². The Balaban J connectivity index is 1.94. The second-order valence-corrected chi connectivity index (χ2v) is 5.55. The third kappa shape index (κ3) is 4.19. The molecular weight excluding hydrogens is 286 g/mol. The van der Waals surface area contributed by atoms with Gasteiger partial charge in [-0.2, -0.15) is 0 Å². The van der Waals surface area contributed by atoms with Crippen LogP contribution in [0.15, 0.2) is 41.4 Å². The molecule has 0 radical (unpaired) electrons. The van der Waals surface area contributed by atoms with Crippen LogP contribution >= 0.6 is 11.8 Å². The third-order valence-electron chi connectivity index (χ3n) is 3.00. The van der Waals surface area contributed by atoms with Crippen molar-refractivity contribution in [1.29, 1.82) is 0 Å². The summed E-state index contributed by atoms with van der Waals surface area (Å²) < 4.78 is 0. The van der Waals surface area contributed by atoms with Gasteiger partial charge in [-0.1, -0.05) is 36.0 Å². The largest absolute Gasteiger partial charge is 0.358 e. The monoisotopic (exact) mass is 303 g/mol. The molecule has 1 aromatic carbocycles. The summed E-state index contributed by atoms with van der Waals surface area (Å²) in [7, 11) is 3.17. The number of aromatic nitrogens is 1. The lowest BCUT2D eigenvalue weighted by Gasteiger charge is -2.15. The molecule has 0 fully saturated rings. The molecule has 1 N–H and O–H groups in total. The zero-order valence-corrected chi connectivity index (χ0v) is 12.8. The number of nitrogens with one attached hydrogen (secondary N) is 1. The number of nitrogens with zero attached hydrogens (tertiary/aromatic N) is 2. The minimum Gasteiger partial charge on any atom is -0.358 e. The van der Waals surface area contributed by atoms with E-state index in [1.165, 1.54) is 16.7 Å². The van der Waals surface area contributed by atoms with Crippen molar-refractivity contribution >= 4 is 34.5 Å². The quantitative estimate of drug-likeness (QED) is 0.851.